The standard InChI is InChI=1S/C14H12Br2N2O3/c1-20-8-2-4-10(11(15)6-8)14-12(16)7-9(21-14)3-5-13(19)18-17/h2-7H,17H2,1H3,(H,18,19)/b5-3+. The van der Waals surface area contributed by atoms with Gasteiger partial charge in [0.1, 0.15) is 17.3 Å². The maximum atomic E-state index is 11.1. The Bertz CT molecular complexity index is 696. The zero-order valence-corrected chi connectivity index (χ0v) is 14.2. The highest BCUT2D eigenvalue weighted by Gasteiger charge is 2.13. The summed E-state index contributed by atoms with van der Waals surface area (Å²) in [5.41, 5.74) is 2.88. The summed E-state index contributed by atoms with van der Waals surface area (Å²) < 4.78 is 12.5. The second-order valence-corrected chi connectivity index (χ2v) is 5.72. The molecule has 1 amide bonds. The van der Waals surface area contributed by atoms with Crippen molar-refractivity contribution >= 4 is 43.8 Å². The van der Waals surface area contributed by atoms with Gasteiger partial charge >= 0.3 is 0 Å². The van der Waals surface area contributed by atoms with Crippen LogP contribution in [0, 0.1) is 0 Å². The molecular formula is C14H12Br2N2O3. The first-order valence-electron chi connectivity index (χ1n) is 5.87. The zero-order chi connectivity index (χ0) is 15.4. The minimum absolute atomic E-state index is 0.408. The molecule has 1 heterocycles. The van der Waals surface area contributed by atoms with E-state index < -0.39 is 5.91 Å². The lowest BCUT2D eigenvalue weighted by Gasteiger charge is -2.05. The Balaban J connectivity index is 2.35. The van der Waals surface area contributed by atoms with Gasteiger partial charge in [0.05, 0.1) is 11.6 Å². The highest BCUT2D eigenvalue weighted by molar-refractivity contribution is 9.11. The molecule has 5 nitrogen and oxygen atoms in total. The molecule has 7 heteroatoms. The van der Waals surface area contributed by atoms with E-state index in [2.05, 4.69) is 31.9 Å². The second kappa shape index (κ2) is 6.93. The average molecular weight is 416 g/mol. The molecule has 0 spiro atoms. The van der Waals surface area contributed by atoms with Gasteiger partial charge in [0.15, 0.2) is 0 Å². The second-order valence-electron chi connectivity index (χ2n) is 4.01. The molecule has 2 aromatic rings. The van der Waals surface area contributed by atoms with Crippen molar-refractivity contribution < 1.29 is 13.9 Å². The van der Waals surface area contributed by atoms with Crippen LogP contribution in [-0.2, 0) is 4.79 Å². The van der Waals surface area contributed by atoms with E-state index in [-0.39, 0.29) is 0 Å². The average Bonchev–Trinajstić information content (AvgIpc) is 2.85. The Hall–Kier alpha value is -1.57. The molecule has 0 aliphatic rings. The van der Waals surface area contributed by atoms with Crippen molar-refractivity contribution in [3.8, 4) is 17.1 Å². The van der Waals surface area contributed by atoms with Crippen LogP contribution in [0.5, 0.6) is 5.75 Å². The van der Waals surface area contributed by atoms with Crippen molar-refractivity contribution in [3.05, 3.63) is 45.0 Å². The van der Waals surface area contributed by atoms with Crippen molar-refractivity contribution in [2.75, 3.05) is 7.11 Å². The van der Waals surface area contributed by atoms with Gasteiger partial charge in [-0.1, -0.05) is 0 Å². The van der Waals surface area contributed by atoms with Gasteiger partial charge in [0.2, 0.25) is 0 Å². The largest absolute Gasteiger partial charge is 0.497 e. The molecule has 2 rings (SSSR count). The predicted octanol–water partition coefficient (Wildman–Crippen LogP) is 3.48. The minimum atomic E-state index is -0.408. The van der Waals surface area contributed by atoms with Crippen molar-refractivity contribution in [1.82, 2.24) is 5.43 Å². The van der Waals surface area contributed by atoms with Crippen molar-refractivity contribution in [1.29, 1.82) is 0 Å². The van der Waals surface area contributed by atoms with Gasteiger partial charge in [-0.05, 0) is 62.2 Å². The molecule has 0 radical (unpaired) electrons. The summed E-state index contributed by atoms with van der Waals surface area (Å²) in [5, 5.41) is 0. The number of hydrazine groups is 1. The quantitative estimate of drug-likeness (QED) is 0.347. The molecule has 0 atom stereocenters. The molecule has 0 aliphatic heterocycles. The number of carbonyl (C=O) groups excluding carboxylic acids is 1. The van der Waals surface area contributed by atoms with Crippen LogP contribution in [-0.4, -0.2) is 13.0 Å². The van der Waals surface area contributed by atoms with Gasteiger partial charge in [-0.25, -0.2) is 5.84 Å². The van der Waals surface area contributed by atoms with Crippen LogP contribution in [0.1, 0.15) is 5.76 Å². The third kappa shape index (κ3) is 3.75. The molecule has 0 saturated heterocycles. The van der Waals surface area contributed by atoms with E-state index >= 15 is 0 Å². The third-order valence-electron chi connectivity index (χ3n) is 2.67. The number of nitrogens with two attached hydrogens (primary N) is 1. The zero-order valence-electron chi connectivity index (χ0n) is 11.0. The number of carbonyl (C=O) groups is 1. The van der Waals surface area contributed by atoms with Gasteiger partial charge in [-0.3, -0.25) is 10.2 Å². The first-order valence-corrected chi connectivity index (χ1v) is 7.45. The van der Waals surface area contributed by atoms with Gasteiger partial charge in [0.25, 0.3) is 5.91 Å². The van der Waals surface area contributed by atoms with E-state index in [9.17, 15) is 4.79 Å². The normalized spacial score (nSPS) is 10.9. The van der Waals surface area contributed by atoms with Crippen LogP contribution in [0.2, 0.25) is 0 Å². The molecule has 110 valence electrons. The predicted molar refractivity (Wildman–Crippen MR) is 87.5 cm³/mol. The Morgan fingerprint density at radius 2 is 2.10 bits per heavy atom. The molecule has 0 fully saturated rings. The van der Waals surface area contributed by atoms with Crippen LogP contribution in [0.15, 0.2) is 43.7 Å². The van der Waals surface area contributed by atoms with Gasteiger partial charge in [-0.15, -0.1) is 0 Å². The number of hydrogen-bond acceptors (Lipinski definition) is 4. The lowest BCUT2D eigenvalue weighted by molar-refractivity contribution is -0.116. The van der Waals surface area contributed by atoms with E-state index in [1.165, 1.54) is 12.2 Å². The fraction of sp³-hybridized carbons (Fsp3) is 0.0714. The number of benzene rings is 1. The molecule has 0 saturated carbocycles. The minimum Gasteiger partial charge on any atom is -0.497 e. The topological polar surface area (TPSA) is 77.5 Å². The maximum absolute atomic E-state index is 11.1. The van der Waals surface area contributed by atoms with Crippen LogP contribution in [0.4, 0.5) is 0 Å². The Morgan fingerprint density at radius 1 is 1.33 bits per heavy atom. The molecule has 1 aromatic carbocycles. The summed E-state index contributed by atoms with van der Waals surface area (Å²) >= 11 is 6.92. The monoisotopic (exact) mass is 414 g/mol. The van der Waals surface area contributed by atoms with Gasteiger partial charge in [-0.2, -0.15) is 0 Å². The number of furan rings is 1. The van der Waals surface area contributed by atoms with E-state index in [1.807, 2.05) is 23.6 Å². The van der Waals surface area contributed by atoms with Crippen molar-refractivity contribution in [2.45, 2.75) is 0 Å². The Kier molecular flexibility index (Phi) is 5.22. The molecular weight excluding hydrogens is 404 g/mol. The summed E-state index contributed by atoms with van der Waals surface area (Å²) in [7, 11) is 1.61. The lowest BCUT2D eigenvalue weighted by Crippen LogP contribution is -2.27. The summed E-state index contributed by atoms with van der Waals surface area (Å²) in [4.78, 5) is 11.1. The SMILES string of the molecule is COc1ccc(-c2oc(/C=C/C(=O)NN)cc2Br)c(Br)c1. The highest BCUT2D eigenvalue weighted by Crippen LogP contribution is 2.37. The first kappa shape index (κ1) is 15.8. The van der Waals surface area contributed by atoms with Gasteiger partial charge in [0, 0.05) is 16.1 Å². The van der Waals surface area contributed by atoms with Crippen LogP contribution in [0.25, 0.3) is 17.4 Å². The smallest absolute Gasteiger partial charge is 0.258 e. The summed E-state index contributed by atoms with van der Waals surface area (Å²) in [6.07, 6.45) is 2.83. The Morgan fingerprint density at radius 3 is 2.71 bits per heavy atom. The Labute approximate surface area is 138 Å². The molecule has 1 aromatic heterocycles. The number of hydrogen-bond donors (Lipinski definition) is 2. The first-order chi connectivity index (χ1) is 10.0. The number of amides is 1. The molecule has 0 aliphatic carbocycles. The van der Waals surface area contributed by atoms with E-state index in [4.69, 9.17) is 15.0 Å². The summed E-state index contributed by atoms with van der Waals surface area (Å²) in [5.74, 6) is 6.52. The van der Waals surface area contributed by atoms with E-state index in [0.29, 0.717) is 11.5 Å². The lowest BCUT2D eigenvalue weighted by atomic mass is 10.2. The molecule has 0 bridgehead atoms. The number of ether oxygens (including phenoxy) is 1. The van der Waals surface area contributed by atoms with Crippen LogP contribution in [0.3, 0.4) is 0 Å². The third-order valence-corrected chi connectivity index (χ3v) is 3.91. The molecule has 0 unspecified atom stereocenters. The summed E-state index contributed by atoms with van der Waals surface area (Å²) in [6.45, 7) is 0. The van der Waals surface area contributed by atoms with Gasteiger partial charge < -0.3 is 9.15 Å². The van der Waals surface area contributed by atoms with E-state index in [0.717, 1.165) is 20.3 Å². The van der Waals surface area contributed by atoms with Crippen molar-refractivity contribution in [3.63, 3.8) is 0 Å². The van der Waals surface area contributed by atoms with Crippen molar-refractivity contribution in [2.24, 2.45) is 5.84 Å². The molecule has 21 heavy (non-hydrogen) atoms. The fourth-order valence-corrected chi connectivity index (χ4v) is 2.72. The number of rotatable bonds is 4. The van der Waals surface area contributed by atoms with Crippen LogP contribution >= 0.6 is 31.9 Å². The number of methoxy groups -OCH3 is 1. The summed E-state index contributed by atoms with van der Waals surface area (Å²) in [6, 6.07) is 7.34. The maximum Gasteiger partial charge on any atom is 0.258 e. The molecule has 3 N–H and O–H groups in total. The fourth-order valence-electron chi connectivity index (χ4n) is 1.67. The number of nitrogens with one attached hydrogen (secondary N) is 1. The highest BCUT2D eigenvalue weighted by atomic mass is 79.9. The number of halogens is 2. The van der Waals surface area contributed by atoms with Crippen LogP contribution < -0.4 is 16.0 Å². The van der Waals surface area contributed by atoms with E-state index in [1.54, 1.807) is 13.2 Å².